The van der Waals surface area contributed by atoms with E-state index in [1.54, 1.807) is 11.9 Å². The molecule has 1 aromatic rings. The van der Waals surface area contributed by atoms with Gasteiger partial charge in [0.05, 0.1) is 5.92 Å². The van der Waals surface area contributed by atoms with Gasteiger partial charge >= 0.3 is 0 Å². The van der Waals surface area contributed by atoms with Crippen LogP contribution in [0.5, 0.6) is 0 Å². The molecule has 1 saturated heterocycles. The van der Waals surface area contributed by atoms with Crippen LogP contribution in [0.3, 0.4) is 0 Å². The second-order valence-electron chi connectivity index (χ2n) is 7.40. The lowest BCUT2D eigenvalue weighted by atomic mass is 9.59. The second kappa shape index (κ2) is 5.66. The molecule has 0 spiro atoms. The number of carbonyl (C=O) groups excluding carboxylic acids is 2. The van der Waals surface area contributed by atoms with Crippen LogP contribution in [0.2, 0.25) is 0 Å². The molecular formula is C19H24N2O2. The molecular weight excluding hydrogens is 288 g/mol. The van der Waals surface area contributed by atoms with Gasteiger partial charge in [-0.3, -0.25) is 9.59 Å². The van der Waals surface area contributed by atoms with Gasteiger partial charge in [0.15, 0.2) is 0 Å². The molecule has 2 amide bonds. The monoisotopic (exact) mass is 312 g/mol. The van der Waals surface area contributed by atoms with Crippen molar-refractivity contribution in [3.05, 3.63) is 35.9 Å². The van der Waals surface area contributed by atoms with Gasteiger partial charge in [-0.1, -0.05) is 36.8 Å². The van der Waals surface area contributed by atoms with E-state index in [0.29, 0.717) is 24.8 Å². The summed E-state index contributed by atoms with van der Waals surface area (Å²) in [7, 11) is 1.78. The molecule has 4 rings (SSSR count). The van der Waals surface area contributed by atoms with Crippen LogP contribution in [0, 0.1) is 17.8 Å². The summed E-state index contributed by atoms with van der Waals surface area (Å²) < 4.78 is 0. The van der Waals surface area contributed by atoms with E-state index in [1.807, 2.05) is 6.07 Å². The lowest BCUT2D eigenvalue weighted by molar-refractivity contribution is -0.129. The second-order valence-corrected chi connectivity index (χ2v) is 7.40. The fourth-order valence-corrected chi connectivity index (χ4v) is 4.94. The highest BCUT2D eigenvalue weighted by Gasteiger charge is 2.53. The number of fused-ring (bicyclic) bond motifs is 1. The summed E-state index contributed by atoms with van der Waals surface area (Å²) in [6.07, 6.45) is 4.14. The molecule has 1 N–H and O–H groups in total. The normalized spacial score (nSPS) is 35.8. The van der Waals surface area contributed by atoms with Crippen molar-refractivity contribution in [3.8, 4) is 0 Å². The van der Waals surface area contributed by atoms with E-state index >= 15 is 0 Å². The van der Waals surface area contributed by atoms with Crippen LogP contribution >= 0.6 is 0 Å². The van der Waals surface area contributed by atoms with Crippen LogP contribution in [0.1, 0.15) is 37.2 Å². The summed E-state index contributed by atoms with van der Waals surface area (Å²) in [5, 5.41) is 3.30. The minimum absolute atomic E-state index is 0.0685. The fourth-order valence-electron chi connectivity index (χ4n) is 4.94. The van der Waals surface area contributed by atoms with Crippen molar-refractivity contribution in [1.82, 2.24) is 10.2 Å². The SMILES string of the molecule is CN1C[C@H](C(=O)N[C@@H]2[C@@H]3CCC[C@@H]3[C@H]2c2ccccc2)CC1=O. The maximum Gasteiger partial charge on any atom is 0.225 e. The van der Waals surface area contributed by atoms with Crippen LogP contribution in [-0.2, 0) is 9.59 Å². The van der Waals surface area contributed by atoms with Crippen LogP contribution in [-0.4, -0.2) is 36.3 Å². The molecule has 122 valence electrons. The lowest BCUT2D eigenvalue weighted by Gasteiger charge is -2.50. The van der Waals surface area contributed by atoms with Crippen LogP contribution in [0.4, 0.5) is 0 Å². The number of likely N-dealkylation sites (tertiary alicyclic amines) is 1. The Morgan fingerprint density at radius 2 is 1.91 bits per heavy atom. The van der Waals surface area contributed by atoms with E-state index < -0.39 is 0 Å². The van der Waals surface area contributed by atoms with Crippen LogP contribution in [0.15, 0.2) is 30.3 Å². The van der Waals surface area contributed by atoms with Crippen LogP contribution < -0.4 is 5.32 Å². The van der Waals surface area contributed by atoms with Gasteiger partial charge in [0.1, 0.15) is 0 Å². The Labute approximate surface area is 137 Å². The quantitative estimate of drug-likeness (QED) is 0.930. The maximum absolute atomic E-state index is 12.6. The highest BCUT2D eigenvalue weighted by Crippen LogP contribution is 2.56. The molecule has 0 radical (unpaired) electrons. The molecule has 2 aliphatic carbocycles. The van der Waals surface area contributed by atoms with E-state index in [0.717, 1.165) is 5.92 Å². The zero-order valence-corrected chi connectivity index (χ0v) is 13.6. The predicted molar refractivity (Wildman–Crippen MR) is 87.7 cm³/mol. The first-order chi connectivity index (χ1) is 11.1. The topological polar surface area (TPSA) is 49.4 Å². The summed E-state index contributed by atoms with van der Waals surface area (Å²) in [5.41, 5.74) is 1.35. The number of benzene rings is 1. The Morgan fingerprint density at radius 1 is 1.17 bits per heavy atom. The molecule has 0 unspecified atom stereocenters. The number of hydrogen-bond acceptors (Lipinski definition) is 2. The molecule has 1 heterocycles. The van der Waals surface area contributed by atoms with Crippen molar-refractivity contribution >= 4 is 11.8 Å². The van der Waals surface area contributed by atoms with Crippen molar-refractivity contribution in [2.45, 2.75) is 37.6 Å². The van der Waals surface area contributed by atoms with E-state index in [4.69, 9.17) is 0 Å². The summed E-state index contributed by atoms with van der Waals surface area (Å²) in [6.45, 7) is 0.557. The van der Waals surface area contributed by atoms with Gasteiger partial charge in [0.25, 0.3) is 0 Å². The van der Waals surface area contributed by atoms with Crippen molar-refractivity contribution in [1.29, 1.82) is 0 Å². The van der Waals surface area contributed by atoms with Gasteiger partial charge in [-0.25, -0.2) is 0 Å². The summed E-state index contributed by atoms with van der Waals surface area (Å²) in [6, 6.07) is 10.8. The minimum Gasteiger partial charge on any atom is -0.352 e. The molecule has 0 bridgehead atoms. The predicted octanol–water partition coefficient (Wildman–Crippen LogP) is 2.16. The smallest absolute Gasteiger partial charge is 0.225 e. The molecule has 4 heteroatoms. The third-order valence-electron chi connectivity index (χ3n) is 6.14. The highest BCUT2D eigenvalue weighted by atomic mass is 16.2. The maximum atomic E-state index is 12.6. The van der Waals surface area contributed by atoms with Crippen molar-refractivity contribution in [2.24, 2.45) is 17.8 Å². The van der Waals surface area contributed by atoms with E-state index in [-0.39, 0.29) is 23.8 Å². The summed E-state index contributed by atoms with van der Waals surface area (Å²) in [5.74, 6) is 1.76. The van der Waals surface area contributed by atoms with Gasteiger partial charge in [-0.15, -0.1) is 0 Å². The molecule has 1 aliphatic heterocycles. The Morgan fingerprint density at radius 3 is 2.61 bits per heavy atom. The average molecular weight is 312 g/mol. The number of hydrogen-bond donors (Lipinski definition) is 1. The largest absolute Gasteiger partial charge is 0.352 e. The minimum atomic E-state index is -0.177. The molecule has 3 fully saturated rings. The van der Waals surface area contributed by atoms with Gasteiger partial charge in [-0.05, 0) is 30.2 Å². The molecule has 1 aromatic carbocycles. The number of amides is 2. The summed E-state index contributed by atoms with van der Waals surface area (Å²) in [4.78, 5) is 26.0. The van der Waals surface area contributed by atoms with Gasteiger partial charge < -0.3 is 10.2 Å². The number of rotatable bonds is 3. The van der Waals surface area contributed by atoms with E-state index in [2.05, 4.69) is 29.6 Å². The zero-order valence-electron chi connectivity index (χ0n) is 13.6. The Hall–Kier alpha value is -1.84. The third kappa shape index (κ3) is 2.44. The molecule has 3 aliphatic rings. The Balaban J connectivity index is 1.48. The van der Waals surface area contributed by atoms with Crippen molar-refractivity contribution < 1.29 is 9.59 Å². The molecule has 5 atom stereocenters. The first kappa shape index (κ1) is 14.7. The van der Waals surface area contributed by atoms with Crippen molar-refractivity contribution in [2.75, 3.05) is 13.6 Å². The third-order valence-corrected chi connectivity index (χ3v) is 6.14. The van der Waals surface area contributed by atoms with Gasteiger partial charge in [0, 0.05) is 32.0 Å². The molecule has 23 heavy (non-hydrogen) atoms. The zero-order chi connectivity index (χ0) is 16.0. The number of nitrogens with one attached hydrogen (secondary N) is 1. The van der Waals surface area contributed by atoms with Crippen molar-refractivity contribution in [3.63, 3.8) is 0 Å². The molecule has 0 aromatic heterocycles. The van der Waals surface area contributed by atoms with Gasteiger partial charge in [0.2, 0.25) is 11.8 Å². The summed E-state index contributed by atoms with van der Waals surface area (Å²) >= 11 is 0. The standard InChI is InChI=1S/C19H24N2O2/c1-21-11-13(10-16(21)22)19(23)20-18-15-9-5-8-14(15)17(18)12-6-3-2-4-7-12/h2-4,6-7,13-15,17-18H,5,8-11H2,1H3,(H,20,23)/t13-,14+,15-,17-,18-/m1/s1. The van der Waals surface area contributed by atoms with Crippen LogP contribution in [0.25, 0.3) is 0 Å². The lowest BCUT2D eigenvalue weighted by Crippen LogP contribution is -2.57. The highest BCUT2D eigenvalue weighted by molar-refractivity contribution is 5.89. The number of carbonyl (C=O) groups is 2. The molecule has 4 nitrogen and oxygen atoms in total. The van der Waals surface area contributed by atoms with E-state index in [1.165, 1.54) is 24.8 Å². The van der Waals surface area contributed by atoms with Gasteiger partial charge in [-0.2, -0.15) is 0 Å². The first-order valence-corrected chi connectivity index (χ1v) is 8.74. The number of nitrogens with zero attached hydrogens (tertiary/aromatic N) is 1. The van der Waals surface area contributed by atoms with E-state index in [9.17, 15) is 9.59 Å². The average Bonchev–Trinajstić information content (AvgIpc) is 3.10. The molecule has 2 saturated carbocycles. The first-order valence-electron chi connectivity index (χ1n) is 8.74. The fraction of sp³-hybridized carbons (Fsp3) is 0.579. The Bertz CT molecular complexity index is 615. The Kier molecular flexibility index (Phi) is 3.63.